The van der Waals surface area contributed by atoms with Crippen LogP contribution in [-0.2, 0) is 6.54 Å². The zero-order valence-electron chi connectivity index (χ0n) is 14.8. The van der Waals surface area contributed by atoms with Crippen molar-refractivity contribution in [2.75, 3.05) is 5.32 Å². The third-order valence-electron chi connectivity index (χ3n) is 4.07. The van der Waals surface area contributed by atoms with Crippen molar-refractivity contribution in [3.8, 4) is 11.3 Å². The van der Waals surface area contributed by atoms with E-state index in [-0.39, 0.29) is 5.91 Å². The number of halogens is 1. The molecule has 0 unspecified atom stereocenters. The molecule has 0 atom stereocenters. The first-order chi connectivity index (χ1) is 13.6. The fraction of sp³-hybridized carbons (Fsp3) is 0.105. The number of nitrogens with one attached hydrogen (secondary N) is 1. The summed E-state index contributed by atoms with van der Waals surface area (Å²) >= 11 is 7.50. The van der Waals surface area contributed by atoms with Gasteiger partial charge in [-0.15, -0.1) is 16.4 Å². The molecule has 0 aliphatic carbocycles. The van der Waals surface area contributed by atoms with E-state index in [1.807, 2.05) is 43.3 Å². The van der Waals surface area contributed by atoms with Gasteiger partial charge in [0, 0.05) is 21.0 Å². The Morgan fingerprint density at radius 1 is 1.21 bits per heavy atom. The fourth-order valence-corrected chi connectivity index (χ4v) is 3.75. The van der Waals surface area contributed by atoms with Crippen LogP contribution >= 0.6 is 22.9 Å². The standard InChI is InChI=1S/C19H15ClN6OS/c1-12-17(15-3-2-4-16(20)9-15)22-19(28-12)23-18(27)14-7-5-13(6-8-14)10-26-11-21-24-25-26/h2-9,11H,10H2,1H3,(H,22,23,27). The van der Waals surface area contributed by atoms with Gasteiger partial charge in [-0.25, -0.2) is 9.67 Å². The number of carbonyl (C=O) groups excluding carboxylic acids is 1. The van der Waals surface area contributed by atoms with Crippen LogP contribution in [0, 0.1) is 6.92 Å². The van der Waals surface area contributed by atoms with Crippen molar-refractivity contribution in [2.45, 2.75) is 13.5 Å². The van der Waals surface area contributed by atoms with Crippen molar-refractivity contribution >= 4 is 34.0 Å². The average Bonchev–Trinajstić information content (AvgIpc) is 3.32. The quantitative estimate of drug-likeness (QED) is 0.536. The van der Waals surface area contributed by atoms with E-state index in [2.05, 4.69) is 25.8 Å². The minimum absolute atomic E-state index is 0.208. The Hall–Kier alpha value is -3.10. The van der Waals surface area contributed by atoms with E-state index in [1.165, 1.54) is 11.3 Å². The number of hydrogen-bond acceptors (Lipinski definition) is 6. The predicted molar refractivity (Wildman–Crippen MR) is 109 cm³/mol. The van der Waals surface area contributed by atoms with Gasteiger partial charge in [-0.1, -0.05) is 35.9 Å². The molecular formula is C19H15ClN6OS. The third kappa shape index (κ3) is 4.08. The Labute approximate surface area is 170 Å². The Morgan fingerprint density at radius 3 is 2.75 bits per heavy atom. The molecule has 1 N–H and O–H groups in total. The smallest absolute Gasteiger partial charge is 0.257 e. The maximum atomic E-state index is 12.6. The number of rotatable bonds is 5. The summed E-state index contributed by atoms with van der Waals surface area (Å²) in [5, 5.41) is 15.1. The third-order valence-corrected chi connectivity index (χ3v) is 5.19. The van der Waals surface area contributed by atoms with Gasteiger partial charge < -0.3 is 0 Å². The number of carbonyl (C=O) groups is 1. The summed E-state index contributed by atoms with van der Waals surface area (Å²) in [5.41, 5.74) is 3.29. The predicted octanol–water partition coefficient (Wildman–Crippen LogP) is 4.06. The Morgan fingerprint density at radius 2 is 2.04 bits per heavy atom. The number of aryl methyl sites for hydroxylation is 1. The van der Waals surface area contributed by atoms with Gasteiger partial charge in [0.25, 0.3) is 5.91 Å². The van der Waals surface area contributed by atoms with E-state index in [0.29, 0.717) is 22.3 Å². The van der Waals surface area contributed by atoms with Crippen LogP contribution in [0.15, 0.2) is 54.9 Å². The molecule has 140 valence electrons. The summed E-state index contributed by atoms with van der Waals surface area (Å²) in [7, 11) is 0. The van der Waals surface area contributed by atoms with Crippen LogP contribution in [0.25, 0.3) is 11.3 Å². The molecule has 9 heteroatoms. The number of amides is 1. The number of aromatic nitrogens is 5. The minimum atomic E-state index is -0.208. The van der Waals surface area contributed by atoms with Gasteiger partial charge in [-0.05, 0) is 47.2 Å². The van der Waals surface area contributed by atoms with Gasteiger partial charge >= 0.3 is 0 Å². The van der Waals surface area contributed by atoms with E-state index < -0.39 is 0 Å². The molecule has 0 aliphatic rings. The van der Waals surface area contributed by atoms with Crippen LogP contribution in [0.2, 0.25) is 5.02 Å². The molecule has 0 aliphatic heterocycles. The van der Waals surface area contributed by atoms with Crippen LogP contribution in [-0.4, -0.2) is 31.1 Å². The summed E-state index contributed by atoms with van der Waals surface area (Å²) in [6, 6.07) is 14.8. The highest BCUT2D eigenvalue weighted by Gasteiger charge is 2.13. The first kappa shape index (κ1) is 18.3. The van der Waals surface area contributed by atoms with Gasteiger partial charge in [0.15, 0.2) is 5.13 Å². The number of tetrazole rings is 1. The number of benzene rings is 2. The zero-order valence-corrected chi connectivity index (χ0v) is 16.4. The van der Waals surface area contributed by atoms with Gasteiger partial charge in [-0.3, -0.25) is 10.1 Å². The highest BCUT2D eigenvalue weighted by Crippen LogP contribution is 2.31. The largest absolute Gasteiger partial charge is 0.298 e. The van der Waals surface area contributed by atoms with Crippen molar-refractivity contribution in [1.82, 2.24) is 25.2 Å². The molecule has 2 aromatic carbocycles. The lowest BCUT2D eigenvalue weighted by Crippen LogP contribution is -2.11. The molecule has 4 aromatic rings. The average molecular weight is 411 g/mol. The second-order valence-corrected chi connectivity index (χ2v) is 7.73. The van der Waals surface area contributed by atoms with Crippen molar-refractivity contribution in [1.29, 1.82) is 0 Å². The normalized spacial score (nSPS) is 10.8. The molecule has 0 bridgehead atoms. The minimum Gasteiger partial charge on any atom is -0.298 e. The van der Waals surface area contributed by atoms with Crippen molar-refractivity contribution in [2.24, 2.45) is 0 Å². The number of thiazole rings is 1. The molecule has 0 radical (unpaired) electrons. The second kappa shape index (κ2) is 7.87. The van der Waals surface area contributed by atoms with Gasteiger partial charge in [0.05, 0.1) is 12.2 Å². The van der Waals surface area contributed by atoms with E-state index in [4.69, 9.17) is 11.6 Å². The molecule has 0 saturated heterocycles. The van der Waals surface area contributed by atoms with Gasteiger partial charge in [-0.2, -0.15) is 0 Å². The summed E-state index contributed by atoms with van der Waals surface area (Å²) in [4.78, 5) is 18.1. The Bertz CT molecular complexity index is 1110. The molecule has 0 fully saturated rings. The first-order valence-corrected chi connectivity index (χ1v) is 9.62. The van der Waals surface area contributed by atoms with E-state index in [1.54, 1.807) is 23.1 Å². The second-order valence-electron chi connectivity index (χ2n) is 6.09. The molecule has 1 amide bonds. The molecule has 0 saturated carbocycles. The van der Waals surface area contributed by atoms with E-state index in [9.17, 15) is 4.79 Å². The Balaban J connectivity index is 1.47. The van der Waals surface area contributed by atoms with Crippen LogP contribution in [0.4, 0.5) is 5.13 Å². The van der Waals surface area contributed by atoms with E-state index >= 15 is 0 Å². The van der Waals surface area contributed by atoms with Crippen LogP contribution in [0.1, 0.15) is 20.8 Å². The van der Waals surface area contributed by atoms with Crippen LogP contribution in [0.3, 0.4) is 0 Å². The molecular weight excluding hydrogens is 396 g/mol. The maximum absolute atomic E-state index is 12.6. The molecule has 0 spiro atoms. The fourth-order valence-electron chi connectivity index (χ4n) is 2.72. The summed E-state index contributed by atoms with van der Waals surface area (Å²) in [6.07, 6.45) is 1.54. The van der Waals surface area contributed by atoms with Crippen LogP contribution in [0.5, 0.6) is 0 Å². The number of nitrogens with zero attached hydrogens (tertiary/aromatic N) is 5. The summed E-state index contributed by atoms with van der Waals surface area (Å²) in [6.45, 7) is 2.51. The highest BCUT2D eigenvalue weighted by atomic mass is 35.5. The molecule has 28 heavy (non-hydrogen) atoms. The molecule has 4 rings (SSSR count). The van der Waals surface area contributed by atoms with Gasteiger partial charge in [0.2, 0.25) is 0 Å². The monoisotopic (exact) mass is 410 g/mol. The zero-order chi connectivity index (χ0) is 19.5. The SMILES string of the molecule is Cc1sc(NC(=O)c2ccc(Cn3cnnn3)cc2)nc1-c1cccc(Cl)c1. The lowest BCUT2D eigenvalue weighted by molar-refractivity contribution is 0.102. The first-order valence-electron chi connectivity index (χ1n) is 8.43. The number of hydrogen-bond donors (Lipinski definition) is 1. The Kier molecular flexibility index (Phi) is 5.14. The number of anilines is 1. The highest BCUT2D eigenvalue weighted by molar-refractivity contribution is 7.16. The van der Waals surface area contributed by atoms with Crippen LogP contribution < -0.4 is 5.32 Å². The summed E-state index contributed by atoms with van der Waals surface area (Å²) < 4.78 is 1.62. The van der Waals surface area contributed by atoms with Crippen molar-refractivity contribution in [3.05, 3.63) is 75.9 Å². The van der Waals surface area contributed by atoms with Gasteiger partial charge in [0.1, 0.15) is 6.33 Å². The summed E-state index contributed by atoms with van der Waals surface area (Å²) in [5.74, 6) is -0.208. The van der Waals surface area contributed by atoms with Crippen molar-refractivity contribution < 1.29 is 4.79 Å². The molecule has 2 heterocycles. The lowest BCUT2D eigenvalue weighted by Gasteiger charge is -2.04. The molecule has 7 nitrogen and oxygen atoms in total. The molecule has 2 aromatic heterocycles. The van der Waals surface area contributed by atoms with Crippen molar-refractivity contribution in [3.63, 3.8) is 0 Å². The van der Waals surface area contributed by atoms with E-state index in [0.717, 1.165) is 21.7 Å². The maximum Gasteiger partial charge on any atom is 0.257 e. The lowest BCUT2D eigenvalue weighted by atomic mass is 10.1. The topological polar surface area (TPSA) is 85.6 Å².